The molecule has 8 heteroatoms. The van der Waals surface area contributed by atoms with Crippen LogP contribution in [0.2, 0.25) is 0 Å². The number of rotatable bonds is 4. The maximum atomic E-state index is 12.6. The predicted octanol–water partition coefficient (Wildman–Crippen LogP) is 4.45. The van der Waals surface area contributed by atoms with Crippen molar-refractivity contribution in [3.05, 3.63) is 63.0 Å². The van der Waals surface area contributed by atoms with E-state index in [-0.39, 0.29) is 11.5 Å². The minimum Gasteiger partial charge on any atom is -0.478 e. The van der Waals surface area contributed by atoms with Crippen LogP contribution in [0.15, 0.2) is 56.8 Å². The van der Waals surface area contributed by atoms with E-state index in [0.29, 0.717) is 15.8 Å². The van der Waals surface area contributed by atoms with Crippen LogP contribution in [0, 0.1) is 0 Å². The topological polar surface area (TPSA) is 73.2 Å². The summed E-state index contributed by atoms with van der Waals surface area (Å²) in [6, 6.07) is 12.2. The van der Waals surface area contributed by atoms with E-state index in [2.05, 4.69) is 20.9 Å². The summed E-state index contributed by atoms with van der Waals surface area (Å²) in [5.41, 5.74) is 2.59. The number of amidine groups is 1. The van der Waals surface area contributed by atoms with Gasteiger partial charge in [0.05, 0.1) is 21.8 Å². The Hall–Kier alpha value is -2.58. The maximum absolute atomic E-state index is 12.6. The molecule has 0 unspecified atom stereocenters. The number of carboxylic acids is 1. The molecule has 1 amide bonds. The molecule has 0 aliphatic carbocycles. The Bertz CT molecular complexity index is 1020. The summed E-state index contributed by atoms with van der Waals surface area (Å²) < 4.78 is 0.940. The van der Waals surface area contributed by atoms with E-state index in [9.17, 15) is 9.59 Å². The molecular formula is C20H18BrN3O3S. The first-order valence-electron chi connectivity index (χ1n) is 8.33. The molecule has 0 bridgehead atoms. The zero-order chi connectivity index (χ0) is 20.4. The lowest BCUT2D eigenvalue weighted by Gasteiger charge is -2.14. The molecule has 0 atom stereocenters. The van der Waals surface area contributed by atoms with Crippen LogP contribution in [0.5, 0.6) is 0 Å². The number of anilines is 1. The highest BCUT2D eigenvalue weighted by molar-refractivity contribution is 9.10. The summed E-state index contributed by atoms with van der Waals surface area (Å²) in [4.78, 5) is 32.2. The number of carbonyl (C=O) groups excluding carboxylic acids is 1. The Kier molecular flexibility index (Phi) is 5.90. The number of hydrogen-bond acceptors (Lipinski definition) is 5. The standard InChI is InChI=1S/C20H18BrN3O3S/c1-23(2)16-8-7-12(9-15(16)21)10-17-18(25)24(3)20(28-17)22-14-6-4-5-13(11-14)19(26)27/h4-11H,1-3H3,(H,26,27)/b17-10-,22-20?. The number of amides is 1. The quantitative estimate of drug-likeness (QED) is 0.683. The average Bonchev–Trinajstić information content (AvgIpc) is 2.89. The van der Waals surface area contributed by atoms with Crippen LogP contribution in [0.3, 0.4) is 0 Å². The lowest BCUT2D eigenvalue weighted by Crippen LogP contribution is -2.23. The Morgan fingerprint density at radius 1 is 1.25 bits per heavy atom. The van der Waals surface area contributed by atoms with Crippen LogP contribution in [-0.2, 0) is 4.79 Å². The molecule has 1 aliphatic heterocycles. The number of aliphatic imine (C=N–C) groups is 1. The highest BCUT2D eigenvalue weighted by Crippen LogP contribution is 2.34. The van der Waals surface area contributed by atoms with Gasteiger partial charge in [-0.1, -0.05) is 12.1 Å². The van der Waals surface area contributed by atoms with Crippen LogP contribution in [0.1, 0.15) is 15.9 Å². The molecule has 1 N–H and O–H groups in total. The molecule has 1 fully saturated rings. The van der Waals surface area contributed by atoms with Crippen molar-refractivity contribution in [3.8, 4) is 0 Å². The van der Waals surface area contributed by atoms with Crippen molar-refractivity contribution in [3.63, 3.8) is 0 Å². The fraction of sp³-hybridized carbons (Fsp3) is 0.150. The van der Waals surface area contributed by atoms with E-state index in [1.807, 2.05) is 43.3 Å². The van der Waals surface area contributed by atoms with Crippen molar-refractivity contribution >= 4 is 62.2 Å². The van der Waals surface area contributed by atoms with Gasteiger partial charge in [0.25, 0.3) is 5.91 Å². The third-order valence-electron chi connectivity index (χ3n) is 4.07. The van der Waals surface area contributed by atoms with Crippen molar-refractivity contribution in [2.24, 2.45) is 4.99 Å². The van der Waals surface area contributed by atoms with E-state index in [1.54, 1.807) is 19.2 Å². The predicted molar refractivity (Wildman–Crippen MR) is 117 cm³/mol. The third kappa shape index (κ3) is 4.28. The minimum absolute atomic E-state index is 0.147. The number of carbonyl (C=O) groups is 2. The molecule has 3 rings (SSSR count). The summed E-state index contributed by atoms with van der Waals surface area (Å²) in [6.07, 6.45) is 1.82. The second kappa shape index (κ2) is 8.20. The highest BCUT2D eigenvalue weighted by atomic mass is 79.9. The van der Waals surface area contributed by atoms with Crippen LogP contribution in [0.25, 0.3) is 6.08 Å². The molecular weight excluding hydrogens is 442 g/mol. The number of hydrogen-bond donors (Lipinski definition) is 1. The first-order valence-corrected chi connectivity index (χ1v) is 9.94. The number of halogens is 1. The van der Waals surface area contributed by atoms with E-state index >= 15 is 0 Å². The highest BCUT2D eigenvalue weighted by Gasteiger charge is 2.30. The summed E-state index contributed by atoms with van der Waals surface area (Å²) in [5.74, 6) is -1.16. The SMILES string of the molecule is CN1C(=O)/C(=C/c2ccc(N(C)C)c(Br)c2)SC1=Nc1cccc(C(=O)O)c1. The van der Waals surface area contributed by atoms with Gasteiger partial charge in [0.1, 0.15) is 0 Å². The van der Waals surface area contributed by atoms with Gasteiger partial charge in [-0.3, -0.25) is 9.69 Å². The Labute approximate surface area is 175 Å². The van der Waals surface area contributed by atoms with Crippen molar-refractivity contribution in [1.29, 1.82) is 0 Å². The van der Waals surface area contributed by atoms with Crippen molar-refractivity contribution < 1.29 is 14.7 Å². The van der Waals surface area contributed by atoms with E-state index in [1.165, 1.54) is 28.8 Å². The van der Waals surface area contributed by atoms with Gasteiger partial charge in [-0.2, -0.15) is 0 Å². The van der Waals surface area contributed by atoms with Gasteiger partial charge in [0, 0.05) is 25.6 Å². The fourth-order valence-corrected chi connectivity index (χ4v) is 4.34. The average molecular weight is 460 g/mol. The van der Waals surface area contributed by atoms with Gasteiger partial charge in [0.15, 0.2) is 5.17 Å². The molecule has 0 aromatic heterocycles. The molecule has 2 aromatic rings. The molecule has 2 aromatic carbocycles. The molecule has 0 radical (unpaired) electrons. The monoisotopic (exact) mass is 459 g/mol. The first-order chi connectivity index (χ1) is 13.3. The summed E-state index contributed by atoms with van der Waals surface area (Å²) >= 11 is 4.82. The van der Waals surface area contributed by atoms with Crippen molar-refractivity contribution in [2.45, 2.75) is 0 Å². The van der Waals surface area contributed by atoms with Gasteiger partial charge in [0.2, 0.25) is 0 Å². The summed E-state index contributed by atoms with van der Waals surface area (Å²) in [5, 5.41) is 9.61. The molecule has 0 spiro atoms. The molecule has 1 aliphatic rings. The third-order valence-corrected chi connectivity index (χ3v) is 5.77. The van der Waals surface area contributed by atoms with Gasteiger partial charge >= 0.3 is 5.97 Å². The molecule has 1 saturated heterocycles. The Balaban J connectivity index is 1.89. The van der Waals surface area contributed by atoms with Crippen molar-refractivity contribution in [2.75, 3.05) is 26.0 Å². The largest absolute Gasteiger partial charge is 0.478 e. The van der Waals surface area contributed by atoms with Crippen molar-refractivity contribution in [1.82, 2.24) is 4.90 Å². The van der Waals surface area contributed by atoms with Gasteiger partial charge in [-0.25, -0.2) is 9.79 Å². The van der Waals surface area contributed by atoms with Crippen LogP contribution in [-0.4, -0.2) is 48.2 Å². The molecule has 6 nitrogen and oxygen atoms in total. The molecule has 1 heterocycles. The number of benzene rings is 2. The zero-order valence-corrected chi connectivity index (χ0v) is 17.9. The lowest BCUT2D eigenvalue weighted by atomic mass is 10.2. The molecule has 0 saturated carbocycles. The maximum Gasteiger partial charge on any atom is 0.335 e. The number of likely N-dealkylation sites (N-methyl/N-ethyl adjacent to an activating group) is 1. The second-order valence-electron chi connectivity index (χ2n) is 6.33. The van der Waals surface area contributed by atoms with Gasteiger partial charge in [-0.05, 0) is 69.7 Å². The number of carboxylic acid groups (broad SMARTS) is 1. The number of nitrogens with zero attached hydrogens (tertiary/aromatic N) is 3. The normalized spacial score (nSPS) is 16.9. The Morgan fingerprint density at radius 3 is 2.64 bits per heavy atom. The van der Waals surface area contributed by atoms with E-state index in [0.717, 1.165) is 15.7 Å². The zero-order valence-electron chi connectivity index (χ0n) is 15.5. The lowest BCUT2D eigenvalue weighted by molar-refractivity contribution is -0.121. The molecule has 28 heavy (non-hydrogen) atoms. The van der Waals surface area contributed by atoms with Gasteiger partial charge in [-0.15, -0.1) is 0 Å². The smallest absolute Gasteiger partial charge is 0.335 e. The van der Waals surface area contributed by atoms with Crippen LogP contribution in [0.4, 0.5) is 11.4 Å². The number of thioether (sulfide) groups is 1. The number of aromatic carboxylic acids is 1. The van der Waals surface area contributed by atoms with Crippen LogP contribution >= 0.6 is 27.7 Å². The van der Waals surface area contributed by atoms with E-state index < -0.39 is 5.97 Å². The summed E-state index contributed by atoms with van der Waals surface area (Å²) in [7, 11) is 5.58. The van der Waals surface area contributed by atoms with E-state index in [4.69, 9.17) is 5.11 Å². The Morgan fingerprint density at radius 2 is 2.00 bits per heavy atom. The summed E-state index contributed by atoms with van der Waals surface area (Å²) in [6.45, 7) is 0. The first kappa shape index (κ1) is 20.2. The second-order valence-corrected chi connectivity index (χ2v) is 8.19. The molecule has 144 valence electrons. The van der Waals surface area contributed by atoms with Crippen LogP contribution < -0.4 is 4.90 Å². The fourth-order valence-electron chi connectivity index (χ4n) is 2.60. The minimum atomic E-state index is -1.02. The van der Waals surface area contributed by atoms with Gasteiger partial charge < -0.3 is 10.0 Å².